The van der Waals surface area contributed by atoms with E-state index < -0.39 is 20.1 Å². The van der Waals surface area contributed by atoms with E-state index >= 15 is 0 Å². The third-order valence-electron chi connectivity index (χ3n) is 13.2. The first-order valence-corrected chi connectivity index (χ1v) is 19.4. The van der Waals surface area contributed by atoms with Crippen molar-refractivity contribution in [2.45, 2.75) is 130 Å². The topological polar surface area (TPSA) is 26.3 Å². The number of rotatable bonds is 7. The van der Waals surface area contributed by atoms with Crippen LogP contribution < -0.4 is 5.19 Å². The minimum absolute atomic E-state index is 0.0119. The van der Waals surface area contributed by atoms with Crippen LogP contribution in [-0.2, 0) is 9.22 Å². The van der Waals surface area contributed by atoms with Gasteiger partial charge in [0.25, 0.3) is 0 Å². The molecule has 2 nitrogen and oxygen atoms in total. The molecule has 0 bridgehead atoms. The van der Waals surface area contributed by atoms with Gasteiger partial charge in [-0.2, -0.15) is 13.2 Å². The van der Waals surface area contributed by atoms with Gasteiger partial charge < -0.3 is 4.43 Å². The number of hydrogen-bond acceptors (Lipinski definition) is 2. The Morgan fingerprint density at radius 3 is 2.29 bits per heavy atom. The molecule has 5 rings (SSSR count). The Balaban J connectivity index is 1.29. The monoisotopic (exact) mass is 590 g/mol. The van der Waals surface area contributed by atoms with E-state index in [-0.39, 0.29) is 23.2 Å². The van der Waals surface area contributed by atoms with E-state index in [1.165, 1.54) is 39.0 Å². The first-order valence-electron chi connectivity index (χ1n) is 16.4. The summed E-state index contributed by atoms with van der Waals surface area (Å²) in [6.45, 7) is 12.3. The van der Waals surface area contributed by atoms with Gasteiger partial charge in [-0.05, 0) is 136 Å². The van der Waals surface area contributed by atoms with Crippen molar-refractivity contribution in [2.75, 3.05) is 0 Å². The van der Waals surface area contributed by atoms with Gasteiger partial charge in [0.2, 0.25) is 8.32 Å². The van der Waals surface area contributed by atoms with Crippen molar-refractivity contribution in [1.29, 1.82) is 0 Å². The molecule has 0 amide bonds. The summed E-state index contributed by atoms with van der Waals surface area (Å²) in [6.07, 6.45) is 7.07. The van der Waals surface area contributed by atoms with Gasteiger partial charge in [0.1, 0.15) is 11.4 Å². The van der Waals surface area contributed by atoms with Gasteiger partial charge in [-0.3, -0.25) is 4.79 Å². The Bertz CT molecular complexity index is 1090. The number of carbonyl (C=O) groups excluding carboxylic acids is 1. The molecule has 1 aromatic rings. The van der Waals surface area contributed by atoms with Gasteiger partial charge in [-0.25, -0.2) is 0 Å². The van der Waals surface area contributed by atoms with Crippen molar-refractivity contribution in [3.05, 3.63) is 30.3 Å². The highest BCUT2D eigenvalue weighted by Gasteiger charge is 2.61. The van der Waals surface area contributed by atoms with Crippen molar-refractivity contribution in [3.63, 3.8) is 0 Å². The Labute approximate surface area is 247 Å². The number of alkyl halides is 3. The van der Waals surface area contributed by atoms with Crippen LogP contribution in [0.15, 0.2) is 30.3 Å². The van der Waals surface area contributed by atoms with E-state index in [9.17, 15) is 18.0 Å². The van der Waals surface area contributed by atoms with Crippen molar-refractivity contribution >= 4 is 19.3 Å². The summed E-state index contributed by atoms with van der Waals surface area (Å²) in [4.78, 5) is 12.3. The van der Waals surface area contributed by atoms with Crippen LogP contribution in [0.25, 0.3) is 0 Å². The highest BCUT2D eigenvalue weighted by Crippen LogP contribution is 2.68. The second-order valence-corrected chi connectivity index (χ2v) is 19.5. The molecule has 9 atom stereocenters. The number of Topliss-reactive ketones (excluding diaryl/α,β-unsaturated/α-hetero) is 1. The third-order valence-corrected chi connectivity index (χ3v) is 15.9. The molecule has 230 valence electrons. The van der Waals surface area contributed by atoms with Gasteiger partial charge in [0.15, 0.2) is 0 Å². The maximum Gasteiger partial charge on any atom is 0.416 e. The lowest BCUT2D eigenvalue weighted by Gasteiger charge is -2.59. The number of halogens is 3. The standard InChI is InChI=1S/C35H53F3O2Si/c1-24(18-23-34(4,35(36,37)38)40-41(5,6)27-10-8-7-9-11-27)29-16-17-30-28-15-13-25-12-14-26(39)19-21-32(25,2)31(28)20-22-33(29,30)3/h7-11,24-25,28-31H,12-23H2,1-6H3/t24-,25-,28+,29-,30+,31+,32+,33-,34?/m1/s1. The molecule has 0 N–H and O–H groups in total. The second-order valence-electron chi connectivity index (χ2n) is 15.7. The molecule has 0 saturated heterocycles. The van der Waals surface area contributed by atoms with E-state index in [1.54, 1.807) is 0 Å². The zero-order valence-electron chi connectivity index (χ0n) is 26.3. The smallest absolute Gasteiger partial charge is 0.399 e. The van der Waals surface area contributed by atoms with Crippen molar-refractivity contribution in [1.82, 2.24) is 0 Å². The maximum absolute atomic E-state index is 14.6. The fraction of sp³-hybridized carbons (Fsp3) is 0.800. The molecule has 4 fully saturated rings. The van der Waals surface area contributed by atoms with Gasteiger partial charge in [-0.1, -0.05) is 51.1 Å². The molecule has 4 aliphatic carbocycles. The Morgan fingerprint density at radius 2 is 1.61 bits per heavy atom. The summed E-state index contributed by atoms with van der Waals surface area (Å²) in [5.74, 6) is 3.91. The first kappa shape index (κ1) is 31.3. The molecule has 0 heterocycles. The Hall–Kier alpha value is -1.14. The summed E-state index contributed by atoms with van der Waals surface area (Å²) in [6, 6.07) is 9.47. The average molecular weight is 591 g/mol. The van der Waals surface area contributed by atoms with Crippen LogP contribution >= 0.6 is 0 Å². The predicted molar refractivity (Wildman–Crippen MR) is 162 cm³/mol. The molecule has 1 unspecified atom stereocenters. The predicted octanol–water partition coefficient (Wildman–Crippen LogP) is 9.47. The van der Waals surface area contributed by atoms with Crippen molar-refractivity contribution in [3.8, 4) is 0 Å². The minimum Gasteiger partial charge on any atom is -0.399 e. The van der Waals surface area contributed by atoms with Crippen LogP contribution in [0.1, 0.15) is 105 Å². The zero-order chi connectivity index (χ0) is 29.8. The summed E-state index contributed by atoms with van der Waals surface area (Å²) in [7, 11) is -2.76. The lowest BCUT2D eigenvalue weighted by Crippen LogP contribution is -2.57. The summed E-state index contributed by atoms with van der Waals surface area (Å²) < 4.78 is 50.0. The number of benzene rings is 1. The maximum atomic E-state index is 14.6. The fourth-order valence-electron chi connectivity index (χ4n) is 10.7. The van der Waals surface area contributed by atoms with Crippen molar-refractivity contribution < 1.29 is 22.4 Å². The molecule has 0 aliphatic heterocycles. The van der Waals surface area contributed by atoms with Crippen LogP contribution in [0.5, 0.6) is 0 Å². The largest absolute Gasteiger partial charge is 0.416 e. The molecule has 1 aromatic carbocycles. The summed E-state index contributed by atoms with van der Waals surface area (Å²) >= 11 is 0. The molecule has 4 aliphatic rings. The minimum atomic E-state index is -4.42. The van der Waals surface area contributed by atoms with E-state index in [0.29, 0.717) is 41.8 Å². The number of carbonyl (C=O) groups is 1. The highest BCUT2D eigenvalue weighted by atomic mass is 28.4. The first-order chi connectivity index (χ1) is 19.1. The quantitative estimate of drug-likeness (QED) is 0.296. The summed E-state index contributed by atoms with van der Waals surface area (Å²) in [5, 5.41) is 0.896. The second kappa shape index (κ2) is 11.1. The molecule has 4 saturated carbocycles. The van der Waals surface area contributed by atoms with Gasteiger partial charge in [0.05, 0.1) is 0 Å². The molecule has 0 aromatic heterocycles. The van der Waals surface area contributed by atoms with Crippen LogP contribution in [0.4, 0.5) is 13.2 Å². The number of hydrogen-bond donors (Lipinski definition) is 0. The fourth-order valence-corrected chi connectivity index (χ4v) is 13.1. The Kier molecular flexibility index (Phi) is 8.46. The molecule has 6 heteroatoms. The molecular weight excluding hydrogens is 537 g/mol. The van der Waals surface area contributed by atoms with E-state index in [2.05, 4.69) is 20.8 Å². The van der Waals surface area contributed by atoms with Crippen LogP contribution in [0.2, 0.25) is 13.1 Å². The molecule has 0 radical (unpaired) electrons. The lowest BCUT2D eigenvalue weighted by atomic mass is 9.46. The van der Waals surface area contributed by atoms with E-state index in [1.807, 2.05) is 43.4 Å². The third kappa shape index (κ3) is 5.63. The van der Waals surface area contributed by atoms with Crippen LogP contribution in [-0.4, -0.2) is 25.9 Å². The number of ketones is 1. The van der Waals surface area contributed by atoms with Gasteiger partial charge in [-0.15, -0.1) is 0 Å². The molecule has 41 heavy (non-hydrogen) atoms. The average Bonchev–Trinajstić information content (AvgIpc) is 3.19. The molecule has 0 spiro atoms. The zero-order valence-corrected chi connectivity index (χ0v) is 27.3. The lowest BCUT2D eigenvalue weighted by molar-refractivity contribution is -0.248. The normalized spacial score (nSPS) is 38.3. The van der Waals surface area contributed by atoms with Crippen molar-refractivity contribution in [2.24, 2.45) is 46.3 Å². The van der Waals surface area contributed by atoms with E-state index in [4.69, 9.17) is 4.43 Å². The van der Waals surface area contributed by atoms with E-state index in [0.717, 1.165) is 37.3 Å². The molecular formula is C35H53F3O2Si. The van der Waals surface area contributed by atoms with Gasteiger partial charge >= 0.3 is 6.18 Å². The van der Waals surface area contributed by atoms with Crippen LogP contribution in [0, 0.1) is 46.3 Å². The summed E-state index contributed by atoms with van der Waals surface area (Å²) in [5.41, 5.74) is -1.66. The van der Waals surface area contributed by atoms with Crippen LogP contribution in [0.3, 0.4) is 0 Å². The highest BCUT2D eigenvalue weighted by molar-refractivity contribution is 6.84. The number of fused-ring (bicyclic) bond motifs is 5. The SMILES string of the molecule is C[C@H](CCC(C)(O[Si](C)(C)c1ccccc1)C(F)(F)F)[C@H]1CC[C@H]2[C@@H]3CC[C@H]4CCC(=O)CC[C@]4(C)[C@H]3CC[C@]12C. The Morgan fingerprint density at radius 1 is 0.927 bits per heavy atom. The van der Waals surface area contributed by atoms with Gasteiger partial charge in [0, 0.05) is 12.8 Å².